The lowest BCUT2D eigenvalue weighted by Gasteiger charge is -2.39. The number of hydrogen-bond donors (Lipinski definition) is 2. The smallest absolute Gasteiger partial charge is 0.231 e. The Hall–Kier alpha value is -1.55. The lowest BCUT2D eigenvalue weighted by Crippen LogP contribution is -2.44. The third-order valence-electron chi connectivity index (χ3n) is 4.78. The van der Waals surface area contributed by atoms with Crippen LogP contribution in [0.15, 0.2) is 24.3 Å². The third-order valence-corrected chi connectivity index (χ3v) is 4.78. The van der Waals surface area contributed by atoms with Crippen LogP contribution in [0.25, 0.3) is 0 Å². The van der Waals surface area contributed by atoms with Crippen molar-refractivity contribution in [2.24, 2.45) is 17.6 Å². The van der Waals surface area contributed by atoms with Crippen molar-refractivity contribution in [1.29, 1.82) is 0 Å². The summed E-state index contributed by atoms with van der Waals surface area (Å²) in [4.78, 5) is 13.6. The Morgan fingerprint density at radius 3 is 2.67 bits per heavy atom. The molecular formula is C17H27N3O. The molecule has 1 saturated carbocycles. The predicted molar refractivity (Wildman–Crippen MR) is 86.4 cm³/mol. The van der Waals surface area contributed by atoms with Gasteiger partial charge in [-0.1, -0.05) is 26.0 Å². The first kappa shape index (κ1) is 15.8. The van der Waals surface area contributed by atoms with Crippen molar-refractivity contribution in [2.45, 2.75) is 45.7 Å². The van der Waals surface area contributed by atoms with Crippen LogP contribution >= 0.6 is 0 Å². The average Bonchev–Trinajstić information content (AvgIpc) is 2.41. The van der Waals surface area contributed by atoms with Crippen molar-refractivity contribution >= 4 is 11.6 Å². The van der Waals surface area contributed by atoms with Crippen molar-refractivity contribution in [3.63, 3.8) is 0 Å². The Balaban J connectivity index is 2.09. The number of anilines is 1. The molecule has 0 aliphatic heterocycles. The Bertz CT molecular complexity index is 489. The van der Waals surface area contributed by atoms with Crippen molar-refractivity contribution in [2.75, 3.05) is 12.3 Å². The monoisotopic (exact) mass is 289 g/mol. The van der Waals surface area contributed by atoms with Gasteiger partial charge in [0, 0.05) is 18.3 Å². The molecule has 0 bridgehead atoms. The van der Waals surface area contributed by atoms with E-state index in [1.165, 1.54) is 6.42 Å². The second kappa shape index (κ2) is 6.94. The maximum atomic E-state index is 11.4. The van der Waals surface area contributed by atoms with Gasteiger partial charge in [0.1, 0.15) is 0 Å². The van der Waals surface area contributed by atoms with Gasteiger partial charge in [-0.15, -0.1) is 0 Å². The van der Waals surface area contributed by atoms with E-state index in [1.807, 2.05) is 18.2 Å². The minimum atomic E-state index is -0.259. The molecule has 1 aromatic rings. The molecule has 4 nitrogen and oxygen atoms in total. The Morgan fingerprint density at radius 2 is 2.05 bits per heavy atom. The first-order valence-electron chi connectivity index (χ1n) is 7.82. The molecule has 116 valence electrons. The highest BCUT2D eigenvalue weighted by Crippen LogP contribution is 2.32. The summed E-state index contributed by atoms with van der Waals surface area (Å²) in [5.41, 5.74) is 13.2. The van der Waals surface area contributed by atoms with Gasteiger partial charge in [-0.3, -0.25) is 9.69 Å². The summed E-state index contributed by atoms with van der Waals surface area (Å²) in [6.07, 6.45) is 3.50. The van der Waals surface area contributed by atoms with Crippen LogP contribution in [0.4, 0.5) is 5.69 Å². The second-order valence-corrected chi connectivity index (χ2v) is 6.54. The van der Waals surface area contributed by atoms with E-state index >= 15 is 0 Å². The Kier molecular flexibility index (Phi) is 5.23. The molecule has 3 atom stereocenters. The molecule has 21 heavy (non-hydrogen) atoms. The van der Waals surface area contributed by atoms with Crippen LogP contribution in [-0.2, 0) is 11.3 Å². The van der Waals surface area contributed by atoms with E-state index < -0.39 is 0 Å². The zero-order valence-electron chi connectivity index (χ0n) is 13.1. The van der Waals surface area contributed by atoms with Crippen LogP contribution in [0.3, 0.4) is 0 Å². The largest absolute Gasteiger partial charge is 0.399 e. The lowest BCUT2D eigenvalue weighted by atomic mass is 9.78. The van der Waals surface area contributed by atoms with E-state index in [9.17, 15) is 4.79 Å². The van der Waals surface area contributed by atoms with Gasteiger partial charge < -0.3 is 11.5 Å². The van der Waals surface area contributed by atoms with Crippen LogP contribution in [-0.4, -0.2) is 23.4 Å². The lowest BCUT2D eigenvalue weighted by molar-refractivity contribution is -0.120. The SMILES string of the molecule is CC1CCC(N(CC(N)=O)Cc2cccc(N)c2)CC1C. The van der Waals surface area contributed by atoms with Crippen molar-refractivity contribution in [1.82, 2.24) is 4.90 Å². The van der Waals surface area contributed by atoms with Crippen LogP contribution in [0.1, 0.15) is 38.7 Å². The minimum Gasteiger partial charge on any atom is -0.399 e. The molecule has 1 aliphatic carbocycles. The number of amides is 1. The van der Waals surface area contributed by atoms with Crippen LogP contribution < -0.4 is 11.5 Å². The maximum absolute atomic E-state index is 11.4. The summed E-state index contributed by atoms with van der Waals surface area (Å²) >= 11 is 0. The van der Waals surface area contributed by atoms with E-state index in [-0.39, 0.29) is 5.91 Å². The molecule has 4 heteroatoms. The summed E-state index contributed by atoms with van der Waals surface area (Å²) in [6.45, 7) is 5.68. The fourth-order valence-electron chi connectivity index (χ4n) is 3.29. The first-order valence-corrected chi connectivity index (χ1v) is 7.82. The molecule has 2 rings (SSSR count). The fourth-order valence-corrected chi connectivity index (χ4v) is 3.29. The van der Waals surface area contributed by atoms with Gasteiger partial charge in [0.2, 0.25) is 5.91 Å². The van der Waals surface area contributed by atoms with Crippen LogP contribution in [0, 0.1) is 11.8 Å². The third kappa shape index (κ3) is 4.46. The number of primary amides is 1. The zero-order valence-corrected chi connectivity index (χ0v) is 13.1. The second-order valence-electron chi connectivity index (χ2n) is 6.54. The summed E-state index contributed by atoms with van der Waals surface area (Å²) in [5, 5.41) is 0. The van der Waals surface area contributed by atoms with Gasteiger partial charge >= 0.3 is 0 Å². The van der Waals surface area contributed by atoms with E-state index in [0.29, 0.717) is 18.5 Å². The number of nitrogens with two attached hydrogens (primary N) is 2. The van der Waals surface area contributed by atoms with Gasteiger partial charge in [0.05, 0.1) is 6.54 Å². The molecule has 0 aromatic heterocycles. The number of nitrogens with zero attached hydrogens (tertiary/aromatic N) is 1. The number of nitrogen functional groups attached to an aromatic ring is 1. The van der Waals surface area contributed by atoms with Crippen molar-refractivity contribution < 1.29 is 4.79 Å². The Labute approximate surface area is 127 Å². The zero-order chi connectivity index (χ0) is 15.4. The fraction of sp³-hybridized carbons (Fsp3) is 0.588. The van der Waals surface area contributed by atoms with E-state index in [0.717, 1.165) is 36.6 Å². The predicted octanol–water partition coefficient (Wildman–Crippen LogP) is 2.38. The average molecular weight is 289 g/mol. The molecule has 0 spiro atoms. The molecule has 1 aliphatic rings. The molecule has 0 heterocycles. The van der Waals surface area contributed by atoms with Crippen LogP contribution in [0.2, 0.25) is 0 Å². The molecule has 1 amide bonds. The summed E-state index contributed by atoms with van der Waals surface area (Å²) < 4.78 is 0. The van der Waals surface area contributed by atoms with Gasteiger partial charge in [0.25, 0.3) is 0 Å². The molecule has 1 aromatic carbocycles. The standard InChI is InChI=1S/C17H27N3O/c1-12-6-7-16(8-13(12)2)20(11-17(19)21)10-14-4-3-5-15(18)9-14/h3-5,9,12-13,16H,6-8,10-11,18H2,1-2H3,(H2,19,21). The summed E-state index contributed by atoms with van der Waals surface area (Å²) in [6, 6.07) is 8.30. The van der Waals surface area contributed by atoms with Gasteiger partial charge in [0.15, 0.2) is 0 Å². The topological polar surface area (TPSA) is 72.3 Å². The van der Waals surface area contributed by atoms with E-state index in [2.05, 4.69) is 24.8 Å². The number of carbonyl (C=O) groups is 1. The van der Waals surface area contributed by atoms with Gasteiger partial charge in [-0.25, -0.2) is 0 Å². The molecule has 1 fully saturated rings. The van der Waals surface area contributed by atoms with E-state index in [4.69, 9.17) is 11.5 Å². The number of carbonyl (C=O) groups excluding carboxylic acids is 1. The number of benzene rings is 1. The van der Waals surface area contributed by atoms with E-state index in [1.54, 1.807) is 0 Å². The quantitative estimate of drug-likeness (QED) is 0.817. The van der Waals surface area contributed by atoms with Gasteiger partial charge in [-0.05, 0) is 48.8 Å². The number of hydrogen-bond acceptors (Lipinski definition) is 3. The highest BCUT2D eigenvalue weighted by molar-refractivity contribution is 5.76. The highest BCUT2D eigenvalue weighted by atomic mass is 16.1. The number of rotatable bonds is 5. The minimum absolute atomic E-state index is 0.259. The molecular weight excluding hydrogens is 262 g/mol. The molecule has 4 N–H and O–H groups in total. The first-order chi connectivity index (χ1) is 9.95. The maximum Gasteiger partial charge on any atom is 0.231 e. The molecule has 0 radical (unpaired) electrons. The molecule has 3 unspecified atom stereocenters. The van der Waals surface area contributed by atoms with Crippen molar-refractivity contribution in [3.8, 4) is 0 Å². The van der Waals surface area contributed by atoms with Crippen molar-refractivity contribution in [3.05, 3.63) is 29.8 Å². The Morgan fingerprint density at radius 1 is 1.29 bits per heavy atom. The summed E-state index contributed by atoms with van der Waals surface area (Å²) in [7, 11) is 0. The normalized spacial score (nSPS) is 26.0. The van der Waals surface area contributed by atoms with Gasteiger partial charge in [-0.2, -0.15) is 0 Å². The summed E-state index contributed by atoms with van der Waals surface area (Å²) in [5.74, 6) is 1.20. The van der Waals surface area contributed by atoms with Crippen LogP contribution in [0.5, 0.6) is 0 Å². The highest BCUT2D eigenvalue weighted by Gasteiger charge is 2.29. The molecule has 0 saturated heterocycles.